The second kappa shape index (κ2) is 6.53. The highest BCUT2D eigenvalue weighted by atomic mass is 32.1. The fourth-order valence-electron chi connectivity index (χ4n) is 1.86. The lowest BCUT2D eigenvalue weighted by atomic mass is 10.3. The predicted octanol–water partition coefficient (Wildman–Crippen LogP) is 2.79. The summed E-state index contributed by atoms with van der Waals surface area (Å²) < 4.78 is 16.3. The molecule has 0 aliphatic carbocycles. The number of rotatable bonds is 4. The molecule has 0 bridgehead atoms. The number of aliphatic hydroxyl groups excluding tert-OH is 1. The molecule has 1 aromatic carbocycles. The van der Waals surface area contributed by atoms with Gasteiger partial charge in [0.25, 0.3) is 0 Å². The lowest BCUT2D eigenvalue weighted by molar-refractivity contribution is 0.173. The quantitative estimate of drug-likeness (QED) is 0.882. The van der Waals surface area contributed by atoms with Crippen molar-refractivity contribution in [2.24, 2.45) is 0 Å². The SMILES string of the molecule is OCCC#Cc1csc(COc2ccc3c(c2)OCO3)c1. The Kier molecular flexibility index (Phi) is 4.29. The average molecular weight is 302 g/mol. The van der Waals surface area contributed by atoms with Gasteiger partial charge in [-0.25, -0.2) is 0 Å². The van der Waals surface area contributed by atoms with E-state index in [1.165, 1.54) is 0 Å². The van der Waals surface area contributed by atoms with Crippen molar-refractivity contribution in [1.82, 2.24) is 0 Å². The second-order valence-electron chi connectivity index (χ2n) is 4.38. The van der Waals surface area contributed by atoms with Gasteiger partial charge >= 0.3 is 0 Å². The Hall–Kier alpha value is -2.16. The van der Waals surface area contributed by atoms with Crippen LogP contribution in [0.3, 0.4) is 0 Å². The van der Waals surface area contributed by atoms with E-state index in [0.29, 0.717) is 18.8 Å². The van der Waals surface area contributed by atoms with E-state index in [4.69, 9.17) is 19.3 Å². The van der Waals surface area contributed by atoms with Crippen molar-refractivity contribution in [2.45, 2.75) is 13.0 Å². The fraction of sp³-hybridized carbons (Fsp3) is 0.250. The smallest absolute Gasteiger partial charge is 0.231 e. The summed E-state index contributed by atoms with van der Waals surface area (Å²) in [6.07, 6.45) is 0.499. The van der Waals surface area contributed by atoms with E-state index < -0.39 is 0 Å². The van der Waals surface area contributed by atoms with E-state index in [9.17, 15) is 0 Å². The van der Waals surface area contributed by atoms with Crippen LogP contribution in [0.4, 0.5) is 0 Å². The van der Waals surface area contributed by atoms with E-state index in [1.54, 1.807) is 11.3 Å². The Morgan fingerprint density at radius 3 is 3.05 bits per heavy atom. The van der Waals surface area contributed by atoms with Crippen molar-refractivity contribution in [3.63, 3.8) is 0 Å². The highest BCUT2D eigenvalue weighted by Gasteiger charge is 2.13. The molecular weight excluding hydrogens is 288 g/mol. The number of fused-ring (bicyclic) bond motifs is 1. The van der Waals surface area contributed by atoms with Crippen LogP contribution in [0.1, 0.15) is 16.9 Å². The zero-order chi connectivity index (χ0) is 14.5. The Labute approximate surface area is 126 Å². The normalized spacial score (nSPS) is 11.9. The molecule has 0 amide bonds. The standard InChI is InChI=1S/C16H14O4S/c17-6-2-1-3-12-7-14(21-10-12)9-18-13-4-5-15-16(8-13)20-11-19-15/h4-5,7-8,10,17H,2,6,9,11H2. The molecule has 0 spiro atoms. The molecule has 0 saturated heterocycles. The van der Waals surface area contributed by atoms with Gasteiger partial charge in [-0.2, -0.15) is 0 Å². The van der Waals surface area contributed by atoms with Gasteiger partial charge in [0.05, 0.1) is 6.61 Å². The monoisotopic (exact) mass is 302 g/mol. The molecule has 1 aliphatic rings. The molecule has 21 heavy (non-hydrogen) atoms. The Morgan fingerprint density at radius 1 is 1.24 bits per heavy atom. The molecule has 0 atom stereocenters. The molecule has 108 valence electrons. The zero-order valence-corrected chi connectivity index (χ0v) is 12.1. The lowest BCUT2D eigenvalue weighted by Gasteiger charge is -2.05. The highest BCUT2D eigenvalue weighted by Crippen LogP contribution is 2.35. The molecule has 0 saturated carbocycles. The van der Waals surface area contributed by atoms with Gasteiger partial charge < -0.3 is 19.3 Å². The summed E-state index contributed by atoms with van der Waals surface area (Å²) in [6.45, 7) is 0.850. The summed E-state index contributed by atoms with van der Waals surface area (Å²) in [7, 11) is 0. The molecule has 1 N–H and O–H groups in total. The van der Waals surface area contributed by atoms with Crippen molar-refractivity contribution in [3.05, 3.63) is 40.1 Å². The van der Waals surface area contributed by atoms with Gasteiger partial charge in [0.1, 0.15) is 12.4 Å². The summed E-state index contributed by atoms with van der Waals surface area (Å²) in [4.78, 5) is 1.10. The first-order valence-electron chi connectivity index (χ1n) is 6.55. The summed E-state index contributed by atoms with van der Waals surface area (Å²) in [5.74, 6) is 8.13. The third-order valence-electron chi connectivity index (χ3n) is 2.85. The molecule has 0 radical (unpaired) electrons. The molecule has 3 rings (SSSR count). The molecule has 0 fully saturated rings. The molecular formula is C16H14O4S. The van der Waals surface area contributed by atoms with Crippen LogP contribution in [0.15, 0.2) is 29.6 Å². The van der Waals surface area contributed by atoms with Crippen LogP contribution in [-0.4, -0.2) is 18.5 Å². The van der Waals surface area contributed by atoms with E-state index in [2.05, 4.69) is 11.8 Å². The zero-order valence-electron chi connectivity index (χ0n) is 11.3. The third-order valence-corrected chi connectivity index (χ3v) is 3.76. The molecule has 4 nitrogen and oxygen atoms in total. The van der Waals surface area contributed by atoms with Gasteiger partial charge in [-0.05, 0) is 18.2 Å². The minimum absolute atomic E-state index is 0.0945. The van der Waals surface area contributed by atoms with Crippen molar-refractivity contribution >= 4 is 11.3 Å². The van der Waals surface area contributed by atoms with Crippen molar-refractivity contribution in [1.29, 1.82) is 0 Å². The first-order chi connectivity index (χ1) is 10.3. The number of benzene rings is 1. The lowest BCUT2D eigenvalue weighted by Crippen LogP contribution is -1.93. The number of hydrogen-bond acceptors (Lipinski definition) is 5. The number of aliphatic hydroxyl groups is 1. The minimum atomic E-state index is 0.0945. The number of ether oxygens (including phenoxy) is 3. The first kappa shape index (κ1) is 13.8. The van der Waals surface area contributed by atoms with Crippen LogP contribution < -0.4 is 14.2 Å². The molecule has 5 heteroatoms. The van der Waals surface area contributed by atoms with Crippen molar-refractivity contribution in [2.75, 3.05) is 13.4 Å². The van der Waals surface area contributed by atoms with E-state index in [-0.39, 0.29) is 13.4 Å². The van der Waals surface area contributed by atoms with E-state index in [1.807, 2.05) is 29.6 Å². The van der Waals surface area contributed by atoms with E-state index in [0.717, 1.165) is 21.9 Å². The van der Waals surface area contributed by atoms with Crippen LogP contribution >= 0.6 is 11.3 Å². The van der Waals surface area contributed by atoms with Crippen LogP contribution in [0.2, 0.25) is 0 Å². The maximum Gasteiger partial charge on any atom is 0.231 e. The molecule has 2 heterocycles. The molecule has 2 aromatic rings. The van der Waals surface area contributed by atoms with E-state index >= 15 is 0 Å². The molecule has 1 aliphatic heterocycles. The summed E-state index contributed by atoms with van der Waals surface area (Å²) in [5, 5.41) is 10.7. The topological polar surface area (TPSA) is 47.9 Å². The maximum absolute atomic E-state index is 8.69. The average Bonchev–Trinajstić information content (AvgIpc) is 3.13. The highest BCUT2D eigenvalue weighted by molar-refractivity contribution is 7.10. The Balaban J connectivity index is 1.59. The summed E-state index contributed by atoms with van der Waals surface area (Å²) in [5.41, 5.74) is 0.956. The fourth-order valence-corrected chi connectivity index (χ4v) is 2.59. The van der Waals surface area contributed by atoms with Gasteiger partial charge in [0, 0.05) is 28.3 Å². The van der Waals surface area contributed by atoms with Crippen LogP contribution in [0.5, 0.6) is 17.2 Å². The number of thiophene rings is 1. The summed E-state index contributed by atoms with van der Waals surface area (Å²) >= 11 is 1.61. The van der Waals surface area contributed by atoms with Crippen LogP contribution in [-0.2, 0) is 6.61 Å². The first-order valence-corrected chi connectivity index (χ1v) is 7.43. The maximum atomic E-state index is 8.69. The van der Waals surface area contributed by atoms with Gasteiger partial charge in [-0.15, -0.1) is 11.3 Å². The van der Waals surface area contributed by atoms with Gasteiger partial charge in [-0.1, -0.05) is 11.8 Å². The largest absolute Gasteiger partial charge is 0.488 e. The summed E-state index contributed by atoms with van der Waals surface area (Å²) in [6, 6.07) is 7.54. The van der Waals surface area contributed by atoms with Crippen LogP contribution in [0.25, 0.3) is 0 Å². The minimum Gasteiger partial charge on any atom is -0.488 e. The van der Waals surface area contributed by atoms with Gasteiger partial charge in [0.2, 0.25) is 6.79 Å². The van der Waals surface area contributed by atoms with Crippen molar-refractivity contribution < 1.29 is 19.3 Å². The molecule has 0 unspecified atom stereocenters. The van der Waals surface area contributed by atoms with Crippen molar-refractivity contribution in [3.8, 4) is 29.1 Å². The number of hydrogen-bond donors (Lipinski definition) is 1. The predicted molar refractivity (Wildman–Crippen MR) is 79.8 cm³/mol. The second-order valence-corrected chi connectivity index (χ2v) is 5.38. The van der Waals surface area contributed by atoms with Crippen LogP contribution in [0, 0.1) is 11.8 Å². The Morgan fingerprint density at radius 2 is 2.14 bits per heavy atom. The Bertz CT molecular complexity index is 681. The third kappa shape index (κ3) is 3.48. The molecule has 1 aromatic heterocycles. The van der Waals surface area contributed by atoms with Gasteiger partial charge in [-0.3, -0.25) is 0 Å². The van der Waals surface area contributed by atoms with Gasteiger partial charge in [0.15, 0.2) is 11.5 Å².